The van der Waals surface area contributed by atoms with Crippen LogP contribution in [0, 0.1) is 0 Å². The lowest BCUT2D eigenvalue weighted by Crippen LogP contribution is -2.35. The van der Waals surface area contributed by atoms with Crippen LogP contribution in [0.5, 0.6) is 11.5 Å². The van der Waals surface area contributed by atoms with Crippen LogP contribution in [0.1, 0.15) is 19.8 Å². The smallest absolute Gasteiger partial charge is 0.241 e. The second-order valence-corrected chi connectivity index (χ2v) is 4.77. The molecule has 0 spiro atoms. The van der Waals surface area contributed by atoms with Crippen LogP contribution in [-0.4, -0.2) is 25.2 Å². The lowest BCUT2D eigenvalue weighted by Gasteiger charge is -2.20. The highest BCUT2D eigenvalue weighted by atomic mass is 35.5. The fourth-order valence-electron chi connectivity index (χ4n) is 1.83. The first-order chi connectivity index (χ1) is 9.11. The van der Waals surface area contributed by atoms with Crippen molar-refractivity contribution in [1.29, 1.82) is 0 Å². The topological polar surface area (TPSA) is 73.6 Å². The van der Waals surface area contributed by atoms with Crippen LogP contribution in [-0.2, 0) is 4.79 Å². The Morgan fingerprint density at radius 1 is 1.40 bits per heavy atom. The molecule has 1 aromatic carbocycles. The molecule has 112 valence electrons. The van der Waals surface area contributed by atoms with E-state index < -0.39 is 6.04 Å². The SMILES string of the molecule is CCCC(N)C(=O)Nc1cc2c(cc1Cl)OCCO2.Cl. The number of carbonyl (C=O) groups is 1. The molecule has 0 radical (unpaired) electrons. The molecule has 0 aromatic heterocycles. The summed E-state index contributed by atoms with van der Waals surface area (Å²) in [7, 11) is 0. The zero-order chi connectivity index (χ0) is 13.8. The first-order valence-electron chi connectivity index (χ1n) is 6.27. The summed E-state index contributed by atoms with van der Waals surface area (Å²) in [6.45, 7) is 2.96. The number of anilines is 1. The third kappa shape index (κ3) is 3.91. The quantitative estimate of drug-likeness (QED) is 0.894. The fourth-order valence-corrected chi connectivity index (χ4v) is 2.03. The van der Waals surface area contributed by atoms with Gasteiger partial charge in [0.05, 0.1) is 16.8 Å². The van der Waals surface area contributed by atoms with Gasteiger partial charge in [-0.05, 0) is 6.42 Å². The number of ether oxygens (including phenoxy) is 2. The largest absolute Gasteiger partial charge is 0.486 e. The molecule has 1 atom stereocenters. The summed E-state index contributed by atoms with van der Waals surface area (Å²) in [5.41, 5.74) is 6.24. The summed E-state index contributed by atoms with van der Waals surface area (Å²) in [5, 5.41) is 3.12. The molecule has 1 aromatic rings. The Hall–Kier alpha value is -1.17. The van der Waals surface area contributed by atoms with E-state index in [-0.39, 0.29) is 18.3 Å². The van der Waals surface area contributed by atoms with Crippen molar-refractivity contribution >= 4 is 35.6 Å². The van der Waals surface area contributed by atoms with E-state index in [0.717, 1.165) is 6.42 Å². The van der Waals surface area contributed by atoms with Gasteiger partial charge in [0.2, 0.25) is 5.91 Å². The summed E-state index contributed by atoms with van der Waals surface area (Å²) in [4.78, 5) is 11.9. The van der Waals surface area contributed by atoms with Gasteiger partial charge in [0.25, 0.3) is 0 Å². The summed E-state index contributed by atoms with van der Waals surface area (Å²) >= 11 is 6.10. The lowest BCUT2D eigenvalue weighted by atomic mass is 10.1. The zero-order valence-corrected chi connectivity index (χ0v) is 12.7. The number of halogens is 2. The third-order valence-corrected chi connectivity index (χ3v) is 3.14. The van der Waals surface area contributed by atoms with E-state index in [2.05, 4.69) is 5.32 Å². The van der Waals surface area contributed by atoms with Crippen molar-refractivity contribution < 1.29 is 14.3 Å². The maximum Gasteiger partial charge on any atom is 0.241 e. The molecule has 5 nitrogen and oxygen atoms in total. The van der Waals surface area contributed by atoms with Gasteiger partial charge < -0.3 is 20.5 Å². The minimum absolute atomic E-state index is 0. The number of nitrogens with two attached hydrogens (primary N) is 1. The minimum Gasteiger partial charge on any atom is -0.486 e. The number of carbonyl (C=O) groups excluding carboxylic acids is 1. The highest BCUT2D eigenvalue weighted by Gasteiger charge is 2.18. The van der Waals surface area contributed by atoms with Gasteiger partial charge in [-0.15, -0.1) is 12.4 Å². The molecule has 3 N–H and O–H groups in total. The molecule has 0 bridgehead atoms. The van der Waals surface area contributed by atoms with E-state index >= 15 is 0 Å². The van der Waals surface area contributed by atoms with Gasteiger partial charge >= 0.3 is 0 Å². The van der Waals surface area contributed by atoms with Crippen LogP contribution < -0.4 is 20.5 Å². The number of amides is 1. The van der Waals surface area contributed by atoms with Crippen molar-refractivity contribution in [3.63, 3.8) is 0 Å². The van der Waals surface area contributed by atoms with Crippen LogP contribution in [0.3, 0.4) is 0 Å². The molecule has 0 fully saturated rings. The van der Waals surface area contributed by atoms with E-state index in [1.165, 1.54) is 0 Å². The molecule has 1 aliphatic rings. The van der Waals surface area contributed by atoms with Crippen molar-refractivity contribution in [2.45, 2.75) is 25.8 Å². The average Bonchev–Trinajstić information content (AvgIpc) is 2.39. The van der Waals surface area contributed by atoms with Crippen molar-refractivity contribution in [3.8, 4) is 11.5 Å². The van der Waals surface area contributed by atoms with Gasteiger partial charge in [0, 0.05) is 12.1 Å². The van der Waals surface area contributed by atoms with E-state index in [4.69, 9.17) is 26.8 Å². The number of fused-ring (bicyclic) bond motifs is 1. The standard InChI is InChI=1S/C13H17ClN2O3.ClH/c1-2-3-9(15)13(17)16-10-7-12-11(6-8(10)14)18-4-5-19-12;/h6-7,9H,2-5,15H2,1H3,(H,16,17);1H. The first-order valence-corrected chi connectivity index (χ1v) is 6.65. The molecule has 1 amide bonds. The fraction of sp³-hybridized carbons (Fsp3) is 0.462. The van der Waals surface area contributed by atoms with Crippen molar-refractivity contribution in [2.75, 3.05) is 18.5 Å². The van der Waals surface area contributed by atoms with Crippen LogP contribution in [0.2, 0.25) is 5.02 Å². The van der Waals surface area contributed by atoms with Crippen LogP contribution in [0.15, 0.2) is 12.1 Å². The van der Waals surface area contributed by atoms with Gasteiger partial charge in [-0.3, -0.25) is 4.79 Å². The van der Waals surface area contributed by atoms with E-state index in [1.54, 1.807) is 12.1 Å². The number of nitrogens with one attached hydrogen (secondary N) is 1. The maximum atomic E-state index is 11.9. The second kappa shape index (κ2) is 7.57. The lowest BCUT2D eigenvalue weighted by molar-refractivity contribution is -0.117. The summed E-state index contributed by atoms with van der Waals surface area (Å²) < 4.78 is 10.8. The zero-order valence-electron chi connectivity index (χ0n) is 11.1. The highest BCUT2D eigenvalue weighted by Crippen LogP contribution is 2.37. The van der Waals surface area contributed by atoms with E-state index in [9.17, 15) is 4.79 Å². The molecule has 2 rings (SSSR count). The van der Waals surface area contributed by atoms with Gasteiger partial charge in [0.15, 0.2) is 11.5 Å². The average molecular weight is 321 g/mol. The second-order valence-electron chi connectivity index (χ2n) is 4.36. The Kier molecular flexibility index (Phi) is 6.39. The monoisotopic (exact) mass is 320 g/mol. The van der Waals surface area contributed by atoms with Gasteiger partial charge in [-0.2, -0.15) is 0 Å². The first kappa shape index (κ1) is 16.9. The third-order valence-electron chi connectivity index (χ3n) is 2.83. The molecule has 1 heterocycles. The molecule has 0 aliphatic carbocycles. The van der Waals surface area contributed by atoms with Crippen LogP contribution >= 0.6 is 24.0 Å². The minimum atomic E-state index is -0.533. The van der Waals surface area contributed by atoms with E-state index in [1.807, 2.05) is 6.92 Å². The van der Waals surface area contributed by atoms with Gasteiger partial charge in [-0.25, -0.2) is 0 Å². The molecule has 20 heavy (non-hydrogen) atoms. The number of benzene rings is 1. The molecule has 7 heteroatoms. The Balaban J connectivity index is 0.00000200. The van der Waals surface area contributed by atoms with Crippen LogP contribution in [0.25, 0.3) is 0 Å². The Morgan fingerprint density at radius 3 is 2.60 bits per heavy atom. The molecule has 1 aliphatic heterocycles. The summed E-state index contributed by atoms with van der Waals surface area (Å²) in [6.07, 6.45) is 1.48. The molecular weight excluding hydrogens is 303 g/mol. The predicted molar refractivity (Wildman–Crippen MR) is 81.2 cm³/mol. The normalized spacial score (nSPS) is 14.2. The molecule has 1 unspecified atom stereocenters. The molecule has 0 saturated heterocycles. The summed E-state index contributed by atoms with van der Waals surface area (Å²) in [6, 6.07) is 2.76. The summed E-state index contributed by atoms with van der Waals surface area (Å²) in [5.74, 6) is 0.919. The van der Waals surface area contributed by atoms with E-state index in [0.29, 0.717) is 41.8 Å². The van der Waals surface area contributed by atoms with Crippen LogP contribution in [0.4, 0.5) is 5.69 Å². The Labute approximate surface area is 129 Å². The maximum absolute atomic E-state index is 11.9. The Morgan fingerprint density at radius 2 is 2.00 bits per heavy atom. The highest BCUT2D eigenvalue weighted by molar-refractivity contribution is 6.34. The Bertz CT molecular complexity index is 483. The number of rotatable bonds is 4. The molecule has 0 saturated carbocycles. The van der Waals surface area contributed by atoms with Crippen molar-refractivity contribution in [3.05, 3.63) is 17.2 Å². The van der Waals surface area contributed by atoms with Gasteiger partial charge in [-0.1, -0.05) is 24.9 Å². The predicted octanol–water partition coefficient (Wildman–Crippen LogP) is 2.60. The molecular formula is C13H18Cl2N2O3. The van der Waals surface area contributed by atoms with Crippen molar-refractivity contribution in [2.24, 2.45) is 5.73 Å². The number of hydrogen-bond acceptors (Lipinski definition) is 4. The van der Waals surface area contributed by atoms with Gasteiger partial charge in [0.1, 0.15) is 13.2 Å². The number of hydrogen-bond donors (Lipinski definition) is 2. The van der Waals surface area contributed by atoms with Crippen molar-refractivity contribution in [1.82, 2.24) is 0 Å².